The molecule has 6 heteroatoms. The van der Waals surface area contributed by atoms with Crippen molar-refractivity contribution in [2.45, 2.75) is 37.6 Å². The van der Waals surface area contributed by atoms with Crippen molar-refractivity contribution in [3.63, 3.8) is 0 Å². The highest BCUT2D eigenvalue weighted by atomic mass is 35.5. The van der Waals surface area contributed by atoms with Gasteiger partial charge in [-0.05, 0) is 61.6 Å². The summed E-state index contributed by atoms with van der Waals surface area (Å²) in [4.78, 5) is 12.6. The fourth-order valence-electron chi connectivity index (χ4n) is 4.01. The minimum Gasteiger partial charge on any atom is -0.339 e. The maximum atomic E-state index is 12.4. The number of rotatable bonds is 4. The van der Waals surface area contributed by atoms with Gasteiger partial charge in [-0.1, -0.05) is 23.7 Å². The molecular weight excluding hydrogens is 382 g/mol. The topological polar surface area (TPSA) is 56.1 Å². The van der Waals surface area contributed by atoms with Crippen LogP contribution in [0.15, 0.2) is 41.3 Å². The smallest absolute Gasteiger partial charge is 0.175 e. The van der Waals surface area contributed by atoms with Crippen LogP contribution >= 0.6 is 11.6 Å². The molecule has 140 valence electrons. The lowest BCUT2D eigenvalue weighted by Gasteiger charge is -2.13. The molecule has 4 nitrogen and oxygen atoms in total. The largest absolute Gasteiger partial charge is 0.339 e. The monoisotopic (exact) mass is 401 g/mol. The van der Waals surface area contributed by atoms with Crippen molar-refractivity contribution in [3.05, 3.63) is 63.8 Å². The van der Waals surface area contributed by atoms with E-state index >= 15 is 0 Å². The third-order valence-electron chi connectivity index (χ3n) is 5.25. The average molecular weight is 402 g/mol. The molecule has 0 bridgehead atoms. The zero-order valence-electron chi connectivity index (χ0n) is 15.3. The van der Waals surface area contributed by atoms with Gasteiger partial charge in [0, 0.05) is 34.5 Å². The normalized spacial score (nSPS) is 13.9. The number of fused-ring (bicyclic) bond motifs is 3. The predicted octanol–water partition coefficient (Wildman–Crippen LogP) is 4.44. The molecule has 1 aromatic heterocycles. The summed E-state index contributed by atoms with van der Waals surface area (Å²) < 4.78 is 26.5. The van der Waals surface area contributed by atoms with E-state index in [1.165, 1.54) is 30.5 Å². The first-order valence-corrected chi connectivity index (χ1v) is 11.2. The number of carbonyl (C=O) groups is 1. The van der Waals surface area contributed by atoms with Crippen LogP contribution < -0.4 is 0 Å². The fraction of sp³-hybridized carbons (Fsp3) is 0.286. The molecule has 0 spiro atoms. The van der Waals surface area contributed by atoms with Gasteiger partial charge in [-0.25, -0.2) is 8.42 Å². The summed E-state index contributed by atoms with van der Waals surface area (Å²) in [5.74, 6) is -0.126. The highest BCUT2D eigenvalue weighted by molar-refractivity contribution is 7.90. The van der Waals surface area contributed by atoms with E-state index in [1.807, 2.05) is 24.3 Å². The molecule has 0 aliphatic heterocycles. The van der Waals surface area contributed by atoms with Crippen molar-refractivity contribution in [2.24, 2.45) is 0 Å². The lowest BCUT2D eigenvalue weighted by molar-refractivity contribution is 0.101. The van der Waals surface area contributed by atoms with Gasteiger partial charge in [-0.3, -0.25) is 4.79 Å². The summed E-state index contributed by atoms with van der Waals surface area (Å²) >= 11 is 6.00. The Balaban J connectivity index is 2.01. The van der Waals surface area contributed by atoms with Crippen LogP contribution in [0.25, 0.3) is 10.9 Å². The lowest BCUT2D eigenvalue weighted by atomic mass is 10.0. The number of aromatic nitrogens is 1. The number of aryl methyl sites for hydroxylation is 1. The van der Waals surface area contributed by atoms with E-state index in [2.05, 4.69) is 4.57 Å². The molecule has 2 aromatic carbocycles. The summed E-state index contributed by atoms with van der Waals surface area (Å²) in [5, 5.41) is 1.58. The van der Waals surface area contributed by atoms with Gasteiger partial charge in [-0.2, -0.15) is 0 Å². The number of nitrogens with zero attached hydrogens (tertiary/aromatic N) is 1. The molecule has 0 N–H and O–H groups in total. The van der Waals surface area contributed by atoms with E-state index < -0.39 is 9.84 Å². The van der Waals surface area contributed by atoms with Crippen molar-refractivity contribution >= 4 is 38.1 Å². The molecule has 0 fully saturated rings. The van der Waals surface area contributed by atoms with Crippen LogP contribution in [0.1, 0.15) is 40.5 Å². The summed E-state index contributed by atoms with van der Waals surface area (Å²) in [7, 11) is -3.40. The van der Waals surface area contributed by atoms with Crippen LogP contribution in [0.3, 0.4) is 0 Å². The standard InChI is InChI=1S/C21H20ClNO3S/c1-13(24)18-10-16(27(2,25)26)11-19-17-4-3-5-20(17)23(21(18)19)12-14-6-8-15(22)9-7-14/h6-11H,3-5,12H2,1-2H3. The number of hydrogen-bond acceptors (Lipinski definition) is 3. The van der Waals surface area contributed by atoms with Crippen molar-refractivity contribution in [1.82, 2.24) is 4.57 Å². The van der Waals surface area contributed by atoms with Gasteiger partial charge >= 0.3 is 0 Å². The second-order valence-electron chi connectivity index (χ2n) is 7.19. The molecule has 0 amide bonds. The molecule has 0 saturated heterocycles. The van der Waals surface area contributed by atoms with Crippen molar-refractivity contribution in [2.75, 3.05) is 6.26 Å². The molecule has 0 atom stereocenters. The minimum absolute atomic E-state index is 0.126. The van der Waals surface area contributed by atoms with Crippen molar-refractivity contribution < 1.29 is 13.2 Å². The first-order chi connectivity index (χ1) is 12.8. The van der Waals surface area contributed by atoms with Crippen molar-refractivity contribution in [3.8, 4) is 0 Å². The van der Waals surface area contributed by atoms with E-state index in [0.717, 1.165) is 35.7 Å². The second-order valence-corrected chi connectivity index (χ2v) is 9.64. The predicted molar refractivity (Wildman–Crippen MR) is 108 cm³/mol. The molecular formula is C21H20ClNO3S. The summed E-state index contributed by atoms with van der Waals surface area (Å²) in [5.41, 5.74) is 4.78. The number of ketones is 1. The molecule has 0 radical (unpaired) electrons. The second kappa shape index (κ2) is 6.50. The van der Waals surface area contributed by atoms with Gasteiger partial charge in [0.1, 0.15) is 0 Å². The highest BCUT2D eigenvalue weighted by Crippen LogP contribution is 2.37. The Bertz CT molecular complexity index is 1170. The van der Waals surface area contributed by atoms with Gasteiger partial charge < -0.3 is 4.57 Å². The van der Waals surface area contributed by atoms with Crippen LogP contribution in [0, 0.1) is 0 Å². The zero-order valence-corrected chi connectivity index (χ0v) is 16.8. The van der Waals surface area contributed by atoms with Gasteiger partial charge in [-0.15, -0.1) is 0 Å². The average Bonchev–Trinajstić information content (AvgIpc) is 3.18. The molecule has 27 heavy (non-hydrogen) atoms. The maximum absolute atomic E-state index is 12.4. The number of hydrogen-bond donors (Lipinski definition) is 0. The lowest BCUT2D eigenvalue weighted by Crippen LogP contribution is -2.08. The zero-order chi connectivity index (χ0) is 19.3. The Kier molecular flexibility index (Phi) is 4.40. The summed E-state index contributed by atoms with van der Waals surface area (Å²) in [6.07, 6.45) is 4.07. The van der Waals surface area contributed by atoms with E-state index in [0.29, 0.717) is 17.1 Å². The summed E-state index contributed by atoms with van der Waals surface area (Å²) in [6, 6.07) is 10.9. The first-order valence-electron chi connectivity index (χ1n) is 8.89. The van der Waals surface area contributed by atoms with Gasteiger partial charge in [0.25, 0.3) is 0 Å². The van der Waals surface area contributed by atoms with E-state index in [9.17, 15) is 13.2 Å². The Morgan fingerprint density at radius 3 is 2.48 bits per heavy atom. The third-order valence-corrected chi connectivity index (χ3v) is 6.60. The third kappa shape index (κ3) is 3.19. The van der Waals surface area contributed by atoms with Crippen LogP contribution in [0.5, 0.6) is 0 Å². The van der Waals surface area contributed by atoms with E-state index in [-0.39, 0.29) is 10.7 Å². The molecule has 0 saturated carbocycles. The number of benzene rings is 2. The van der Waals surface area contributed by atoms with Crippen LogP contribution in [0.4, 0.5) is 0 Å². The van der Waals surface area contributed by atoms with Gasteiger partial charge in [0.05, 0.1) is 10.4 Å². The molecule has 0 unspecified atom stereocenters. The van der Waals surface area contributed by atoms with Gasteiger partial charge in [0.2, 0.25) is 0 Å². The summed E-state index contributed by atoms with van der Waals surface area (Å²) in [6.45, 7) is 2.12. The number of halogens is 1. The Morgan fingerprint density at radius 2 is 1.85 bits per heavy atom. The SMILES string of the molecule is CC(=O)c1cc(S(C)(=O)=O)cc2c3c(n(Cc4ccc(Cl)cc4)c12)CCC3. The highest BCUT2D eigenvalue weighted by Gasteiger charge is 2.26. The molecule has 4 rings (SSSR count). The molecule has 1 aliphatic carbocycles. The van der Waals surface area contributed by atoms with Crippen LogP contribution in [-0.4, -0.2) is 25.0 Å². The quantitative estimate of drug-likeness (QED) is 0.607. The van der Waals surface area contributed by atoms with Crippen molar-refractivity contribution in [1.29, 1.82) is 0 Å². The minimum atomic E-state index is -3.40. The van der Waals surface area contributed by atoms with Crippen LogP contribution in [-0.2, 0) is 29.2 Å². The first kappa shape index (κ1) is 18.3. The van der Waals surface area contributed by atoms with E-state index in [1.54, 1.807) is 6.07 Å². The Labute approximate surface area is 163 Å². The number of sulfone groups is 1. The Morgan fingerprint density at radius 1 is 1.15 bits per heavy atom. The number of Topliss-reactive ketones (excluding diaryl/α,β-unsaturated/α-hetero) is 1. The molecule has 3 aromatic rings. The fourth-order valence-corrected chi connectivity index (χ4v) is 4.80. The van der Waals surface area contributed by atoms with Gasteiger partial charge in [0.15, 0.2) is 15.6 Å². The van der Waals surface area contributed by atoms with Crippen LogP contribution in [0.2, 0.25) is 5.02 Å². The van der Waals surface area contributed by atoms with E-state index in [4.69, 9.17) is 11.6 Å². The number of carbonyl (C=O) groups excluding carboxylic acids is 1. The molecule has 1 aliphatic rings. The maximum Gasteiger partial charge on any atom is 0.175 e. The Hall–Kier alpha value is -2.11. The molecule has 1 heterocycles.